The monoisotopic (exact) mass is 350 g/mol. The van der Waals surface area contributed by atoms with Gasteiger partial charge in [-0.1, -0.05) is 0 Å². The molecule has 25 heavy (non-hydrogen) atoms. The van der Waals surface area contributed by atoms with Crippen LogP contribution in [0.4, 0.5) is 11.4 Å². The average molecular weight is 350 g/mol. The summed E-state index contributed by atoms with van der Waals surface area (Å²) < 4.78 is 0. The Kier molecular flexibility index (Phi) is 7.64. The second kappa shape index (κ2) is 9.45. The Bertz CT molecular complexity index is 607. The van der Waals surface area contributed by atoms with Crippen LogP contribution in [-0.4, -0.2) is 49.0 Å². The highest BCUT2D eigenvalue weighted by Gasteiger charge is 2.13. The van der Waals surface area contributed by atoms with E-state index < -0.39 is 4.92 Å². The summed E-state index contributed by atoms with van der Waals surface area (Å²) in [5, 5.41) is 22.6. The van der Waals surface area contributed by atoms with E-state index in [1.807, 2.05) is 20.8 Å². The lowest BCUT2D eigenvalue weighted by atomic mass is 10.1. The molecule has 4 N–H and O–H groups in total. The van der Waals surface area contributed by atoms with Gasteiger partial charge in [-0.05, 0) is 32.9 Å². The van der Waals surface area contributed by atoms with Gasteiger partial charge < -0.3 is 21.3 Å². The number of nitro benzene ring substituents is 1. The SMILES string of the molecule is CN=C(NCCNc1ccc([N+](=O)[O-])cc1)NCC(=O)NC(C)(C)C. The van der Waals surface area contributed by atoms with Crippen LogP contribution in [0.5, 0.6) is 0 Å². The van der Waals surface area contributed by atoms with E-state index in [4.69, 9.17) is 0 Å². The number of carbonyl (C=O) groups is 1. The number of amides is 1. The van der Waals surface area contributed by atoms with Gasteiger partial charge >= 0.3 is 0 Å². The number of rotatable bonds is 7. The van der Waals surface area contributed by atoms with Crippen molar-refractivity contribution in [2.45, 2.75) is 26.3 Å². The molecular formula is C16H26N6O3. The summed E-state index contributed by atoms with van der Waals surface area (Å²) in [6.45, 7) is 7.04. The van der Waals surface area contributed by atoms with Gasteiger partial charge in [-0.3, -0.25) is 19.9 Å². The summed E-state index contributed by atoms with van der Waals surface area (Å²) in [5.74, 6) is 0.411. The quantitative estimate of drug-likeness (QED) is 0.192. The molecule has 0 spiro atoms. The average Bonchev–Trinajstić information content (AvgIpc) is 2.53. The number of nitrogens with zero attached hydrogens (tertiary/aromatic N) is 2. The standard InChI is InChI=1S/C16H26N6O3/c1-16(2,3)21-14(23)11-20-15(17-4)19-10-9-18-12-5-7-13(8-6-12)22(24)25/h5-8,18H,9-11H2,1-4H3,(H,21,23)(H2,17,19,20). The number of carbonyl (C=O) groups excluding carboxylic acids is 1. The van der Waals surface area contributed by atoms with E-state index in [1.54, 1.807) is 19.2 Å². The summed E-state index contributed by atoms with van der Waals surface area (Å²) in [5.41, 5.74) is 0.575. The van der Waals surface area contributed by atoms with Crippen molar-refractivity contribution in [3.63, 3.8) is 0 Å². The van der Waals surface area contributed by atoms with Crippen LogP contribution in [-0.2, 0) is 4.79 Å². The van der Waals surface area contributed by atoms with E-state index in [0.29, 0.717) is 19.0 Å². The van der Waals surface area contributed by atoms with Crippen LogP contribution in [0.1, 0.15) is 20.8 Å². The first-order valence-electron chi connectivity index (χ1n) is 7.95. The second-order valence-electron chi connectivity index (χ2n) is 6.38. The Hall–Kier alpha value is -2.84. The number of non-ortho nitro benzene ring substituents is 1. The summed E-state index contributed by atoms with van der Waals surface area (Å²) in [6, 6.07) is 6.21. The number of guanidine groups is 1. The molecule has 9 nitrogen and oxygen atoms in total. The van der Waals surface area contributed by atoms with Gasteiger partial charge in [0, 0.05) is 43.5 Å². The molecule has 0 aliphatic carbocycles. The van der Waals surface area contributed by atoms with Gasteiger partial charge in [0.15, 0.2) is 5.96 Å². The first-order valence-corrected chi connectivity index (χ1v) is 7.95. The normalized spacial score (nSPS) is 11.6. The Morgan fingerprint density at radius 3 is 2.32 bits per heavy atom. The number of aliphatic imine (C=N–C) groups is 1. The number of hydrogen-bond donors (Lipinski definition) is 4. The molecule has 0 unspecified atom stereocenters. The maximum absolute atomic E-state index is 11.8. The minimum absolute atomic E-state index is 0.0572. The van der Waals surface area contributed by atoms with Crippen LogP contribution >= 0.6 is 0 Å². The predicted molar refractivity (Wildman–Crippen MR) is 98.8 cm³/mol. The van der Waals surface area contributed by atoms with Gasteiger partial charge in [0.25, 0.3) is 5.69 Å². The van der Waals surface area contributed by atoms with Gasteiger partial charge in [-0.2, -0.15) is 0 Å². The highest BCUT2D eigenvalue weighted by Crippen LogP contribution is 2.14. The summed E-state index contributed by atoms with van der Waals surface area (Å²) in [6.07, 6.45) is 0. The molecule has 0 heterocycles. The fraction of sp³-hybridized carbons (Fsp3) is 0.500. The molecule has 1 aromatic rings. The molecule has 1 aromatic carbocycles. The van der Waals surface area contributed by atoms with Crippen LogP contribution < -0.4 is 21.3 Å². The van der Waals surface area contributed by atoms with E-state index >= 15 is 0 Å². The van der Waals surface area contributed by atoms with Crippen molar-refractivity contribution in [3.05, 3.63) is 34.4 Å². The molecule has 0 aromatic heterocycles. The molecule has 0 aliphatic heterocycles. The van der Waals surface area contributed by atoms with Gasteiger partial charge in [0.2, 0.25) is 5.91 Å². The van der Waals surface area contributed by atoms with Gasteiger partial charge in [0.05, 0.1) is 11.5 Å². The molecular weight excluding hydrogens is 324 g/mol. The summed E-state index contributed by atoms with van der Waals surface area (Å²) >= 11 is 0. The zero-order valence-corrected chi connectivity index (χ0v) is 15.0. The fourth-order valence-corrected chi connectivity index (χ4v) is 1.94. The third kappa shape index (κ3) is 8.54. The minimum Gasteiger partial charge on any atom is -0.383 e. The lowest BCUT2D eigenvalue weighted by molar-refractivity contribution is -0.384. The van der Waals surface area contributed by atoms with E-state index in [-0.39, 0.29) is 23.7 Å². The van der Waals surface area contributed by atoms with Crippen molar-refractivity contribution in [2.24, 2.45) is 4.99 Å². The van der Waals surface area contributed by atoms with Crippen LogP contribution in [0, 0.1) is 10.1 Å². The third-order valence-corrected chi connectivity index (χ3v) is 2.98. The highest BCUT2D eigenvalue weighted by molar-refractivity contribution is 5.86. The minimum atomic E-state index is -0.434. The number of nitrogens with one attached hydrogen (secondary N) is 4. The number of nitro groups is 1. The first kappa shape index (κ1) is 20.2. The van der Waals surface area contributed by atoms with Crippen molar-refractivity contribution in [1.82, 2.24) is 16.0 Å². The maximum atomic E-state index is 11.8. The molecule has 0 saturated carbocycles. The molecule has 0 fully saturated rings. The third-order valence-electron chi connectivity index (χ3n) is 2.98. The Balaban J connectivity index is 2.29. The predicted octanol–water partition coefficient (Wildman–Crippen LogP) is 1.09. The molecule has 1 rings (SSSR count). The zero-order valence-electron chi connectivity index (χ0n) is 15.0. The van der Waals surface area contributed by atoms with Crippen LogP contribution in [0.25, 0.3) is 0 Å². The first-order chi connectivity index (χ1) is 11.7. The highest BCUT2D eigenvalue weighted by atomic mass is 16.6. The molecule has 0 radical (unpaired) electrons. The topological polar surface area (TPSA) is 121 Å². The number of hydrogen-bond acceptors (Lipinski definition) is 5. The van der Waals surface area contributed by atoms with Gasteiger partial charge in [-0.15, -0.1) is 0 Å². The lowest BCUT2D eigenvalue weighted by Crippen LogP contribution is -2.48. The van der Waals surface area contributed by atoms with Crippen LogP contribution in [0.2, 0.25) is 0 Å². The summed E-state index contributed by atoms with van der Waals surface area (Å²) in [7, 11) is 1.63. The van der Waals surface area contributed by atoms with E-state index in [1.165, 1.54) is 12.1 Å². The lowest BCUT2D eigenvalue weighted by Gasteiger charge is -2.21. The summed E-state index contributed by atoms with van der Waals surface area (Å²) in [4.78, 5) is 26.0. The molecule has 138 valence electrons. The van der Waals surface area contributed by atoms with Crippen molar-refractivity contribution < 1.29 is 9.72 Å². The molecule has 0 bridgehead atoms. The zero-order chi connectivity index (χ0) is 18.9. The smallest absolute Gasteiger partial charge is 0.269 e. The Labute approximate surface area is 147 Å². The Morgan fingerprint density at radius 1 is 1.16 bits per heavy atom. The van der Waals surface area contributed by atoms with Crippen molar-refractivity contribution >= 4 is 23.2 Å². The molecule has 0 atom stereocenters. The van der Waals surface area contributed by atoms with Crippen molar-refractivity contribution in [2.75, 3.05) is 32.0 Å². The van der Waals surface area contributed by atoms with Crippen molar-refractivity contribution in [3.8, 4) is 0 Å². The molecule has 0 aliphatic rings. The van der Waals surface area contributed by atoms with Crippen molar-refractivity contribution in [1.29, 1.82) is 0 Å². The number of benzene rings is 1. The van der Waals surface area contributed by atoms with Gasteiger partial charge in [0.1, 0.15) is 0 Å². The Morgan fingerprint density at radius 2 is 1.80 bits per heavy atom. The van der Waals surface area contributed by atoms with E-state index in [9.17, 15) is 14.9 Å². The van der Waals surface area contributed by atoms with Crippen LogP contribution in [0.3, 0.4) is 0 Å². The molecule has 1 amide bonds. The molecule has 0 saturated heterocycles. The second-order valence-corrected chi connectivity index (χ2v) is 6.38. The van der Waals surface area contributed by atoms with Crippen LogP contribution in [0.15, 0.2) is 29.3 Å². The molecule has 9 heteroatoms. The van der Waals surface area contributed by atoms with E-state index in [0.717, 1.165) is 5.69 Å². The largest absolute Gasteiger partial charge is 0.383 e. The fourth-order valence-electron chi connectivity index (χ4n) is 1.94. The van der Waals surface area contributed by atoms with E-state index in [2.05, 4.69) is 26.3 Å². The van der Waals surface area contributed by atoms with Gasteiger partial charge in [-0.25, -0.2) is 0 Å². The maximum Gasteiger partial charge on any atom is 0.269 e. The number of anilines is 1.